The number of ether oxygens (including phenoxy) is 1. The lowest BCUT2D eigenvalue weighted by atomic mass is 9.99. The molecule has 1 aliphatic heterocycles. The Morgan fingerprint density at radius 2 is 2.13 bits per heavy atom. The molecule has 2 heterocycles. The van der Waals surface area contributed by atoms with Crippen molar-refractivity contribution in [3.63, 3.8) is 0 Å². The molecule has 1 aliphatic rings. The average Bonchev–Trinajstić information content (AvgIpc) is 2.71. The Morgan fingerprint density at radius 3 is 2.83 bits per heavy atom. The fourth-order valence-corrected chi connectivity index (χ4v) is 3.67. The van der Waals surface area contributed by atoms with Crippen LogP contribution in [-0.4, -0.2) is 57.3 Å². The first-order valence-corrected chi connectivity index (χ1v) is 10.9. The zero-order valence-corrected chi connectivity index (χ0v) is 17.8. The number of hydrogen-bond donors (Lipinski definition) is 2. The molecule has 2 atom stereocenters. The van der Waals surface area contributed by atoms with E-state index in [1.807, 2.05) is 30.0 Å². The largest absolute Gasteiger partial charge is 0.492 e. The van der Waals surface area contributed by atoms with Crippen molar-refractivity contribution in [1.29, 1.82) is 0 Å². The highest BCUT2D eigenvalue weighted by molar-refractivity contribution is 5.77. The number of piperidine rings is 1. The molecule has 0 aromatic carbocycles. The summed E-state index contributed by atoms with van der Waals surface area (Å²) in [5.41, 5.74) is 0.786. The van der Waals surface area contributed by atoms with E-state index in [4.69, 9.17) is 9.84 Å². The molecule has 2 N–H and O–H groups in total. The molecule has 1 saturated heterocycles. The van der Waals surface area contributed by atoms with Crippen LogP contribution in [0.3, 0.4) is 0 Å². The lowest BCUT2D eigenvalue weighted by Gasteiger charge is -2.34. The quantitative estimate of drug-likeness (QED) is 0.376. The number of likely N-dealkylation sites (tertiary alicyclic amines) is 1. The number of rotatable bonds is 13. The van der Waals surface area contributed by atoms with Crippen LogP contribution in [0, 0.1) is 0 Å². The minimum atomic E-state index is -0.759. The number of unbranched alkanes of at least 4 members (excludes halogenated alkanes) is 3. The molecular formula is C23H34N2O5. The summed E-state index contributed by atoms with van der Waals surface area (Å²) >= 11 is 0. The lowest BCUT2D eigenvalue weighted by molar-refractivity contribution is -0.137. The summed E-state index contributed by atoms with van der Waals surface area (Å²) in [5, 5.41) is 19.1. The number of hydrogen-bond acceptors (Lipinski definition) is 5. The smallest absolute Gasteiger partial charge is 0.303 e. The van der Waals surface area contributed by atoms with E-state index in [1.165, 1.54) is 0 Å². The highest BCUT2D eigenvalue weighted by atomic mass is 16.5. The number of nitrogens with zero attached hydrogens (tertiary/aromatic N) is 2. The van der Waals surface area contributed by atoms with Crippen molar-refractivity contribution in [1.82, 2.24) is 9.88 Å². The number of pyridine rings is 1. The van der Waals surface area contributed by atoms with E-state index >= 15 is 0 Å². The van der Waals surface area contributed by atoms with Crippen molar-refractivity contribution in [3.05, 3.63) is 36.2 Å². The van der Waals surface area contributed by atoms with Gasteiger partial charge < -0.3 is 19.8 Å². The Morgan fingerprint density at radius 1 is 1.33 bits per heavy atom. The van der Waals surface area contributed by atoms with Gasteiger partial charge in [0.05, 0.1) is 24.9 Å². The van der Waals surface area contributed by atoms with E-state index in [0.717, 1.165) is 37.8 Å². The summed E-state index contributed by atoms with van der Waals surface area (Å²) in [7, 11) is 0. The van der Waals surface area contributed by atoms with Crippen LogP contribution in [0.2, 0.25) is 0 Å². The van der Waals surface area contributed by atoms with Crippen LogP contribution >= 0.6 is 0 Å². The first-order chi connectivity index (χ1) is 14.5. The zero-order valence-electron chi connectivity index (χ0n) is 17.8. The first-order valence-electron chi connectivity index (χ1n) is 10.9. The molecule has 30 heavy (non-hydrogen) atoms. The Kier molecular flexibility index (Phi) is 10.3. The molecule has 2 rings (SSSR count). The van der Waals surface area contributed by atoms with Crippen LogP contribution in [0.4, 0.5) is 0 Å². The molecule has 1 aromatic heterocycles. The van der Waals surface area contributed by atoms with Gasteiger partial charge >= 0.3 is 5.97 Å². The third-order valence-corrected chi connectivity index (χ3v) is 5.23. The van der Waals surface area contributed by atoms with Gasteiger partial charge in [0.25, 0.3) is 0 Å². The van der Waals surface area contributed by atoms with Crippen LogP contribution < -0.4 is 4.74 Å². The SMILES string of the molecule is CCOc1ccc(CC(O)/C=C/[C@H]2CCCC(=O)N2CCCCCCC(=O)O)nc1. The van der Waals surface area contributed by atoms with Gasteiger partial charge in [0.15, 0.2) is 0 Å². The number of carbonyl (C=O) groups excluding carboxylic acids is 1. The second kappa shape index (κ2) is 13.0. The van der Waals surface area contributed by atoms with Crippen molar-refractivity contribution in [2.45, 2.75) is 76.9 Å². The number of aliphatic carboxylic acids is 1. The van der Waals surface area contributed by atoms with Crippen molar-refractivity contribution in [2.24, 2.45) is 0 Å². The number of carbonyl (C=O) groups is 2. The zero-order chi connectivity index (χ0) is 21.8. The molecule has 1 aromatic rings. The summed E-state index contributed by atoms with van der Waals surface area (Å²) in [4.78, 5) is 29.1. The number of amides is 1. The third-order valence-electron chi connectivity index (χ3n) is 5.23. The van der Waals surface area contributed by atoms with Gasteiger partial charge in [-0.1, -0.05) is 25.0 Å². The fraction of sp³-hybridized carbons (Fsp3) is 0.609. The first kappa shape index (κ1) is 23.9. The Hall–Kier alpha value is -2.41. The third kappa shape index (κ3) is 8.53. The summed E-state index contributed by atoms with van der Waals surface area (Å²) in [5.74, 6) is 0.111. The summed E-state index contributed by atoms with van der Waals surface area (Å²) in [6, 6.07) is 3.71. The predicted octanol–water partition coefficient (Wildman–Crippen LogP) is 3.36. The number of carboxylic acid groups (broad SMARTS) is 1. The molecule has 0 saturated carbocycles. The van der Waals surface area contributed by atoms with Gasteiger partial charge in [0, 0.05) is 31.5 Å². The molecule has 0 aliphatic carbocycles. The molecule has 7 heteroatoms. The van der Waals surface area contributed by atoms with E-state index < -0.39 is 12.1 Å². The van der Waals surface area contributed by atoms with Gasteiger partial charge in [0.2, 0.25) is 5.91 Å². The second-order valence-corrected chi connectivity index (χ2v) is 7.68. The lowest BCUT2D eigenvalue weighted by Crippen LogP contribution is -2.43. The van der Waals surface area contributed by atoms with Crippen molar-refractivity contribution in [3.8, 4) is 5.75 Å². The minimum Gasteiger partial charge on any atom is -0.492 e. The maximum atomic E-state index is 12.4. The maximum absolute atomic E-state index is 12.4. The summed E-state index contributed by atoms with van der Waals surface area (Å²) < 4.78 is 5.38. The summed E-state index contributed by atoms with van der Waals surface area (Å²) in [6.45, 7) is 3.18. The maximum Gasteiger partial charge on any atom is 0.303 e. The molecule has 1 unspecified atom stereocenters. The molecule has 1 fully saturated rings. The molecule has 7 nitrogen and oxygen atoms in total. The fourth-order valence-electron chi connectivity index (χ4n) is 3.67. The van der Waals surface area contributed by atoms with Crippen LogP contribution in [-0.2, 0) is 16.0 Å². The van der Waals surface area contributed by atoms with E-state index in [2.05, 4.69) is 4.98 Å². The van der Waals surface area contributed by atoms with Crippen molar-refractivity contribution >= 4 is 11.9 Å². The molecule has 1 amide bonds. The van der Waals surface area contributed by atoms with Gasteiger partial charge in [-0.3, -0.25) is 14.6 Å². The number of aromatic nitrogens is 1. The standard InChI is InChI=1S/C23H34N2O5/c1-2-30-21-14-11-18(24-17-21)16-20(26)13-12-19-8-7-9-22(27)25(19)15-6-4-3-5-10-23(28)29/h11-14,17,19-20,26H,2-10,15-16H2,1H3,(H,28,29)/b13-12+/t19-,20?/m1/s1. The van der Waals surface area contributed by atoms with Gasteiger partial charge in [-0.05, 0) is 44.7 Å². The molecule has 0 spiro atoms. The summed E-state index contributed by atoms with van der Waals surface area (Å²) in [6.07, 6.45) is 11.0. The molecule has 0 bridgehead atoms. The topological polar surface area (TPSA) is 100.0 Å². The van der Waals surface area contributed by atoms with Gasteiger partial charge in [0.1, 0.15) is 5.75 Å². The highest BCUT2D eigenvalue weighted by Crippen LogP contribution is 2.21. The average molecular weight is 419 g/mol. The van der Waals surface area contributed by atoms with Gasteiger partial charge in [-0.15, -0.1) is 0 Å². The Balaban J connectivity index is 1.81. The Bertz CT molecular complexity index is 689. The van der Waals surface area contributed by atoms with Crippen molar-refractivity contribution < 1.29 is 24.5 Å². The second-order valence-electron chi connectivity index (χ2n) is 7.68. The van der Waals surface area contributed by atoms with Crippen molar-refractivity contribution in [2.75, 3.05) is 13.2 Å². The predicted molar refractivity (Wildman–Crippen MR) is 114 cm³/mol. The van der Waals surface area contributed by atoms with E-state index in [1.54, 1.807) is 12.3 Å². The van der Waals surface area contributed by atoms with Gasteiger partial charge in [-0.2, -0.15) is 0 Å². The van der Waals surface area contributed by atoms with Crippen LogP contribution in [0.15, 0.2) is 30.5 Å². The molecular weight excluding hydrogens is 384 g/mol. The molecule has 0 radical (unpaired) electrons. The van der Waals surface area contributed by atoms with E-state index in [0.29, 0.717) is 38.2 Å². The number of carboxylic acids is 1. The van der Waals surface area contributed by atoms with Gasteiger partial charge in [-0.25, -0.2) is 0 Å². The Labute approximate surface area is 178 Å². The highest BCUT2D eigenvalue weighted by Gasteiger charge is 2.25. The normalized spacial score (nSPS) is 18.0. The van der Waals surface area contributed by atoms with E-state index in [-0.39, 0.29) is 18.4 Å². The van der Waals surface area contributed by atoms with E-state index in [9.17, 15) is 14.7 Å². The minimum absolute atomic E-state index is 0.00760. The van der Waals surface area contributed by atoms with Crippen LogP contribution in [0.5, 0.6) is 5.75 Å². The molecule has 166 valence electrons. The number of aliphatic hydroxyl groups is 1. The van der Waals surface area contributed by atoms with Crippen LogP contribution in [0.1, 0.15) is 64.0 Å². The number of aliphatic hydroxyl groups excluding tert-OH is 1. The monoisotopic (exact) mass is 418 g/mol. The van der Waals surface area contributed by atoms with Crippen LogP contribution in [0.25, 0.3) is 0 Å².